The summed E-state index contributed by atoms with van der Waals surface area (Å²) < 4.78 is 0. The number of carbonyl (C=O) groups excluding carboxylic acids is 1. The van der Waals surface area contributed by atoms with Crippen LogP contribution < -0.4 is 0 Å². The third kappa shape index (κ3) is 2.96. The van der Waals surface area contributed by atoms with Gasteiger partial charge in [-0.3, -0.25) is 4.79 Å². The molecular weight excluding hydrogens is 271 g/mol. The van der Waals surface area contributed by atoms with Gasteiger partial charge in [0, 0.05) is 19.3 Å². The van der Waals surface area contributed by atoms with E-state index < -0.39 is 0 Å². The Bertz CT molecular complexity index is 464. The van der Waals surface area contributed by atoms with Crippen molar-refractivity contribution in [2.24, 2.45) is 5.41 Å². The van der Waals surface area contributed by atoms with Gasteiger partial charge in [0.1, 0.15) is 5.15 Å². The largest absolute Gasteiger partial charge is 0.339 e. The van der Waals surface area contributed by atoms with Crippen molar-refractivity contribution in [3.8, 4) is 0 Å². The number of halogens is 2. The van der Waals surface area contributed by atoms with Gasteiger partial charge in [0.25, 0.3) is 5.91 Å². The minimum atomic E-state index is -0.0557. The lowest BCUT2D eigenvalue weighted by Gasteiger charge is -2.37. The summed E-state index contributed by atoms with van der Waals surface area (Å²) in [7, 11) is 0. The molecule has 18 heavy (non-hydrogen) atoms. The van der Waals surface area contributed by atoms with Crippen molar-refractivity contribution in [1.29, 1.82) is 0 Å². The molecular formula is C13H16Cl2N2O. The second-order valence-electron chi connectivity index (χ2n) is 5.44. The predicted molar refractivity (Wildman–Crippen MR) is 73.2 cm³/mol. The first kappa shape index (κ1) is 13.6. The minimum Gasteiger partial charge on any atom is -0.339 e. The molecule has 0 unspecified atom stereocenters. The number of likely N-dealkylation sites (tertiary alicyclic amines) is 1. The van der Waals surface area contributed by atoms with Gasteiger partial charge in [0.05, 0.1) is 10.6 Å². The summed E-state index contributed by atoms with van der Waals surface area (Å²) in [6.45, 7) is 5.99. The molecule has 1 fully saturated rings. The zero-order valence-corrected chi connectivity index (χ0v) is 12.1. The van der Waals surface area contributed by atoms with E-state index in [-0.39, 0.29) is 5.91 Å². The molecule has 0 aliphatic carbocycles. The Morgan fingerprint density at radius 2 is 1.94 bits per heavy atom. The van der Waals surface area contributed by atoms with E-state index in [2.05, 4.69) is 18.8 Å². The molecule has 1 aromatic rings. The highest BCUT2D eigenvalue weighted by Crippen LogP contribution is 2.31. The van der Waals surface area contributed by atoms with Gasteiger partial charge in [-0.05, 0) is 24.3 Å². The normalized spacial score (nSPS) is 18.8. The Morgan fingerprint density at radius 1 is 1.33 bits per heavy atom. The fourth-order valence-corrected chi connectivity index (χ4v) is 2.40. The minimum absolute atomic E-state index is 0.0557. The SMILES string of the molecule is CC1(C)CCN(C(=O)c2cc(Cl)ncc2Cl)CC1. The van der Waals surface area contributed by atoms with Gasteiger partial charge in [-0.25, -0.2) is 4.98 Å². The quantitative estimate of drug-likeness (QED) is 0.739. The van der Waals surface area contributed by atoms with Crippen LogP contribution in [-0.4, -0.2) is 28.9 Å². The summed E-state index contributed by atoms with van der Waals surface area (Å²) in [6.07, 6.45) is 3.44. The van der Waals surface area contributed by atoms with E-state index in [0.29, 0.717) is 21.2 Å². The van der Waals surface area contributed by atoms with Gasteiger partial charge < -0.3 is 4.90 Å². The molecule has 0 aromatic carbocycles. The molecule has 0 atom stereocenters. The summed E-state index contributed by atoms with van der Waals surface area (Å²) in [5, 5.41) is 0.648. The zero-order valence-electron chi connectivity index (χ0n) is 10.5. The van der Waals surface area contributed by atoms with Gasteiger partial charge in [-0.2, -0.15) is 0 Å². The van der Waals surface area contributed by atoms with Crippen LogP contribution in [0.15, 0.2) is 12.3 Å². The number of carbonyl (C=O) groups is 1. The summed E-state index contributed by atoms with van der Waals surface area (Å²) in [6, 6.07) is 1.53. The molecule has 0 N–H and O–H groups in total. The maximum Gasteiger partial charge on any atom is 0.255 e. The van der Waals surface area contributed by atoms with Crippen molar-refractivity contribution < 1.29 is 4.79 Å². The lowest BCUT2D eigenvalue weighted by Crippen LogP contribution is -2.41. The standard InChI is InChI=1S/C13H16Cl2N2O/c1-13(2)3-5-17(6-4-13)12(18)9-7-11(15)16-8-10(9)14/h7-8H,3-6H2,1-2H3. The molecule has 1 aliphatic heterocycles. The van der Waals surface area contributed by atoms with E-state index in [0.717, 1.165) is 25.9 Å². The van der Waals surface area contributed by atoms with E-state index in [4.69, 9.17) is 23.2 Å². The van der Waals surface area contributed by atoms with Crippen LogP contribution in [0.3, 0.4) is 0 Å². The van der Waals surface area contributed by atoms with Crippen LogP contribution in [0.2, 0.25) is 10.2 Å². The van der Waals surface area contributed by atoms with Crippen molar-refractivity contribution >= 4 is 29.1 Å². The van der Waals surface area contributed by atoms with Gasteiger partial charge >= 0.3 is 0 Å². The van der Waals surface area contributed by atoms with Crippen molar-refractivity contribution in [3.05, 3.63) is 28.0 Å². The number of hydrogen-bond acceptors (Lipinski definition) is 2. The van der Waals surface area contributed by atoms with Crippen LogP contribution in [0.4, 0.5) is 0 Å². The number of hydrogen-bond donors (Lipinski definition) is 0. The average Bonchev–Trinajstić information content (AvgIpc) is 2.31. The number of nitrogens with zero attached hydrogens (tertiary/aromatic N) is 2. The van der Waals surface area contributed by atoms with Crippen LogP contribution in [0.1, 0.15) is 37.0 Å². The number of aromatic nitrogens is 1. The Labute approximate surface area is 117 Å². The second-order valence-corrected chi connectivity index (χ2v) is 6.24. The molecule has 1 amide bonds. The number of amides is 1. The van der Waals surface area contributed by atoms with Gasteiger partial charge in [0.2, 0.25) is 0 Å². The molecule has 1 aromatic heterocycles. The van der Waals surface area contributed by atoms with Gasteiger partial charge in [-0.15, -0.1) is 0 Å². The third-order valence-electron chi connectivity index (χ3n) is 3.46. The van der Waals surface area contributed by atoms with Crippen LogP contribution in [0.25, 0.3) is 0 Å². The molecule has 5 heteroatoms. The highest BCUT2D eigenvalue weighted by molar-refractivity contribution is 6.35. The molecule has 1 aliphatic rings. The van der Waals surface area contributed by atoms with Gasteiger partial charge in [-0.1, -0.05) is 37.0 Å². The number of piperidine rings is 1. The van der Waals surface area contributed by atoms with Gasteiger partial charge in [0.15, 0.2) is 0 Å². The Morgan fingerprint density at radius 3 is 2.56 bits per heavy atom. The van der Waals surface area contributed by atoms with E-state index in [9.17, 15) is 4.79 Å². The average molecular weight is 287 g/mol. The van der Waals surface area contributed by atoms with Crippen molar-refractivity contribution in [2.45, 2.75) is 26.7 Å². The summed E-state index contributed by atoms with van der Waals surface area (Å²) in [4.78, 5) is 18.0. The van der Waals surface area contributed by atoms with Crippen molar-refractivity contribution in [3.63, 3.8) is 0 Å². The first-order chi connectivity index (χ1) is 8.39. The molecule has 2 rings (SSSR count). The first-order valence-corrected chi connectivity index (χ1v) is 6.75. The van der Waals surface area contributed by atoms with E-state index in [1.54, 1.807) is 0 Å². The highest BCUT2D eigenvalue weighted by Gasteiger charge is 2.29. The van der Waals surface area contributed by atoms with E-state index in [1.165, 1.54) is 12.3 Å². The fraction of sp³-hybridized carbons (Fsp3) is 0.538. The third-order valence-corrected chi connectivity index (χ3v) is 3.96. The lowest BCUT2D eigenvalue weighted by atomic mass is 9.82. The maximum atomic E-state index is 12.3. The number of rotatable bonds is 1. The molecule has 0 radical (unpaired) electrons. The molecule has 2 heterocycles. The van der Waals surface area contributed by atoms with Crippen LogP contribution >= 0.6 is 23.2 Å². The summed E-state index contributed by atoms with van der Waals surface area (Å²) >= 11 is 11.8. The van der Waals surface area contributed by atoms with Crippen LogP contribution in [0, 0.1) is 5.41 Å². The lowest BCUT2D eigenvalue weighted by molar-refractivity contribution is 0.0630. The molecule has 0 saturated carbocycles. The molecule has 0 bridgehead atoms. The number of pyridine rings is 1. The molecule has 3 nitrogen and oxygen atoms in total. The molecule has 0 spiro atoms. The Hall–Kier alpha value is -0.800. The predicted octanol–water partition coefficient (Wildman–Crippen LogP) is 3.65. The fourth-order valence-electron chi connectivity index (χ4n) is 2.06. The van der Waals surface area contributed by atoms with Crippen LogP contribution in [0.5, 0.6) is 0 Å². The van der Waals surface area contributed by atoms with E-state index >= 15 is 0 Å². The van der Waals surface area contributed by atoms with E-state index in [1.807, 2.05) is 4.90 Å². The highest BCUT2D eigenvalue weighted by atomic mass is 35.5. The maximum absolute atomic E-state index is 12.3. The first-order valence-electron chi connectivity index (χ1n) is 5.99. The zero-order chi connectivity index (χ0) is 13.3. The smallest absolute Gasteiger partial charge is 0.255 e. The summed E-state index contributed by atoms with van der Waals surface area (Å²) in [5.41, 5.74) is 0.757. The second kappa shape index (κ2) is 5.06. The monoisotopic (exact) mass is 286 g/mol. The Balaban J connectivity index is 2.15. The molecule has 98 valence electrons. The summed E-state index contributed by atoms with van der Waals surface area (Å²) in [5.74, 6) is -0.0557. The Kier molecular flexibility index (Phi) is 3.83. The topological polar surface area (TPSA) is 33.2 Å². The van der Waals surface area contributed by atoms with Crippen molar-refractivity contribution in [2.75, 3.05) is 13.1 Å². The molecule has 1 saturated heterocycles. The van der Waals surface area contributed by atoms with Crippen LogP contribution in [-0.2, 0) is 0 Å². The van der Waals surface area contributed by atoms with Crippen molar-refractivity contribution in [1.82, 2.24) is 9.88 Å².